The Morgan fingerprint density at radius 2 is 1.95 bits per heavy atom. The van der Waals surface area contributed by atoms with Crippen molar-refractivity contribution in [3.05, 3.63) is 49.5 Å². The number of aromatic nitrogens is 2. The molecule has 0 fully saturated rings. The Kier molecular flexibility index (Phi) is 3.98. The van der Waals surface area contributed by atoms with Crippen molar-refractivity contribution in [1.82, 2.24) is 9.97 Å². The third kappa shape index (κ3) is 2.83. The van der Waals surface area contributed by atoms with Crippen LogP contribution in [0.15, 0.2) is 23.0 Å². The highest BCUT2D eigenvalue weighted by Crippen LogP contribution is 2.21. The monoisotopic (exact) mass is 376 g/mol. The van der Waals surface area contributed by atoms with Gasteiger partial charge in [0.2, 0.25) is 0 Å². The van der Waals surface area contributed by atoms with Gasteiger partial charge in [-0.15, -0.1) is 0 Å². The van der Waals surface area contributed by atoms with Gasteiger partial charge in [-0.3, -0.25) is 4.79 Å². The Morgan fingerprint density at radius 3 is 2.53 bits per heavy atom. The maximum absolute atomic E-state index is 13.2. The predicted molar refractivity (Wildman–Crippen MR) is 77.0 cm³/mol. The van der Waals surface area contributed by atoms with Crippen LogP contribution in [0.25, 0.3) is 11.4 Å². The Bertz CT molecular complexity index is 683. The van der Waals surface area contributed by atoms with Crippen LogP contribution in [-0.4, -0.2) is 9.97 Å². The van der Waals surface area contributed by atoms with Crippen LogP contribution in [0.4, 0.5) is 8.78 Å². The lowest BCUT2D eigenvalue weighted by atomic mass is 10.1. The molecule has 100 valence electrons. The molecule has 19 heavy (non-hydrogen) atoms. The molecule has 1 aromatic heterocycles. The lowest BCUT2D eigenvalue weighted by Gasteiger charge is -2.09. The maximum Gasteiger partial charge on any atom is 0.264 e. The molecule has 0 aliphatic heterocycles. The van der Waals surface area contributed by atoms with E-state index in [1.54, 1.807) is 0 Å². The standard InChI is InChI=1S/C13H11F2IN2O/c1-6(2)11-10(16)13(19)18-12(17-11)7-3-4-8(14)9(15)5-7/h3-6H,1-2H3,(H,17,18,19). The third-order valence-electron chi connectivity index (χ3n) is 2.63. The van der Waals surface area contributed by atoms with E-state index in [0.29, 0.717) is 14.8 Å². The van der Waals surface area contributed by atoms with E-state index >= 15 is 0 Å². The Balaban J connectivity index is 2.63. The number of aromatic amines is 1. The highest BCUT2D eigenvalue weighted by Gasteiger charge is 2.14. The Labute approximate surface area is 122 Å². The van der Waals surface area contributed by atoms with Gasteiger partial charge in [0.1, 0.15) is 5.82 Å². The Hall–Kier alpha value is -1.31. The summed E-state index contributed by atoms with van der Waals surface area (Å²) in [6, 6.07) is 3.41. The number of benzene rings is 1. The molecule has 0 bridgehead atoms. The van der Waals surface area contributed by atoms with Crippen LogP contribution in [0.3, 0.4) is 0 Å². The molecule has 0 saturated carbocycles. The van der Waals surface area contributed by atoms with Crippen molar-refractivity contribution in [2.24, 2.45) is 0 Å². The first-order chi connectivity index (χ1) is 8.90. The average molecular weight is 376 g/mol. The second-order valence-corrected chi connectivity index (χ2v) is 5.48. The van der Waals surface area contributed by atoms with Crippen molar-refractivity contribution in [3.63, 3.8) is 0 Å². The number of hydrogen-bond acceptors (Lipinski definition) is 2. The number of rotatable bonds is 2. The summed E-state index contributed by atoms with van der Waals surface area (Å²) in [5.74, 6) is -1.59. The number of nitrogens with one attached hydrogen (secondary N) is 1. The highest BCUT2D eigenvalue weighted by atomic mass is 127. The van der Waals surface area contributed by atoms with E-state index < -0.39 is 11.6 Å². The molecule has 0 unspecified atom stereocenters. The van der Waals surface area contributed by atoms with E-state index in [2.05, 4.69) is 9.97 Å². The fraction of sp³-hybridized carbons (Fsp3) is 0.231. The normalized spacial score (nSPS) is 11.1. The number of halogens is 3. The summed E-state index contributed by atoms with van der Waals surface area (Å²) < 4.78 is 26.6. The van der Waals surface area contributed by atoms with Gasteiger partial charge in [-0.2, -0.15) is 0 Å². The zero-order valence-electron chi connectivity index (χ0n) is 10.3. The molecule has 3 nitrogen and oxygen atoms in total. The van der Waals surface area contributed by atoms with Gasteiger partial charge in [-0.05, 0) is 46.7 Å². The molecular formula is C13H11F2IN2O. The van der Waals surface area contributed by atoms with Crippen molar-refractivity contribution in [2.45, 2.75) is 19.8 Å². The van der Waals surface area contributed by atoms with Crippen LogP contribution in [0.2, 0.25) is 0 Å². The summed E-state index contributed by atoms with van der Waals surface area (Å²) >= 11 is 1.93. The first kappa shape index (κ1) is 14.1. The van der Waals surface area contributed by atoms with Crippen molar-refractivity contribution < 1.29 is 8.78 Å². The first-order valence-corrected chi connectivity index (χ1v) is 6.73. The minimum Gasteiger partial charge on any atom is -0.306 e. The predicted octanol–water partition coefficient (Wildman–Crippen LogP) is 3.44. The number of hydrogen-bond donors (Lipinski definition) is 1. The highest BCUT2D eigenvalue weighted by molar-refractivity contribution is 14.1. The van der Waals surface area contributed by atoms with Gasteiger partial charge < -0.3 is 4.98 Å². The molecule has 0 spiro atoms. The van der Waals surface area contributed by atoms with E-state index in [4.69, 9.17) is 0 Å². The lowest BCUT2D eigenvalue weighted by Crippen LogP contribution is -2.17. The molecule has 2 aromatic rings. The molecule has 0 radical (unpaired) electrons. The molecule has 2 rings (SSSR count). The number of nitrogens with zero attached hydrogens (tertiary/aromatic N) is 1. The third-order valence-corrected chi connectivity index (χ3v) is 3.67. The van der Waals surface area contributed by atoms with Crippen LogP contribution < -0.4 is 5.56 Å². The van der Waals surface area contributed by atoms with E-state index in [0.717, 1.165) is 12.1 Å². The van der Waals surface area contributed by atoms with Crippen LogP contribution >= 0.6 is 22.6 Å². The van der Waals surface area contributed by atoms with Crippen LogP contribution in [0.5, 0.6) is 0 Å². The quantitative estimate of drug-likeness (QED) is 0.817. The van der Waals surface area contributed by atoms with Crippen molar-refractivity contribution in [1.29, 1.82) is 0 Å². The zero-order chi connectivity index (χ0) is 14.2. The molecule has 0 aliphatic rings. The summed E-state index contributed by atoms with van der Waals surface area (Å²) in [4.78, 5) is 18.7. The van der Waals surface area contributed by atoms with Crippen molar-refractivity contribution in [2.75, 3.05) is 0 Å². The minimum absolute atomic E-state index is 0.0678. The van der Waals surface area contributed by atoms with Gasteiger partial charge in [0.05, 0.1) is 9.26 Å². The summed E-state index contributed by atoms with van der Waals surface area (Å²) in [7, 11) is 0. The summed E-state index contributed by atoms with van der Waals surface area (Å²) in [6.45, 7) is 3.83. The van der Waals surface area contributed by atoms with Crippen molar-refractivity contribution >= 4 is 22.6 Å². The van der Waals surface area contributed by atoms with Gasteiger partial charge in [0.25, 0.3) is 5.56 Å². The molecule has 0 atom stereocenters. The fourth-order valence-corrected chi connectivity index (χ4v) is 2.52. The molecule has 1 aromatic carbocycles. The van der Waals surface area contributed by atoms with E-state index in [9.17, 15) is 13.6 Å². The molecule has 1 N–H and O–H groups in total. The second kappa shape index (κ2) is 5.36. The molecule has 0 amide bonds. The van der Waals surface area contributed by atoms with E-state index in [1.807, 2.05) is 36.4 Å². The Morgan fingerprint density at radius 1 is 1.26 bits per heavy atom. The van der Waals surface area contributed by atoms with Crippen LogP contribution in [-0.2, 0) is 0 Å². The summed E-state index contributed by atoms with van der Waals surface area (Å²) in [6.07, 6.45) is 0. The average Bonchev–Trinajstić information content (AvgIpc) is 2.35. The number of H-pyrrole nitrogens is 1. The second-order valence-electron chi connectivity index (χ2n) is 4.40. The van der Waals surface area contributed by atoms with E-state index in [1.165, 1.54) is 6.07 Å². The summed E-state index contributed by atoms with van der Waals surface area (Å²) in [5, 5.41) is 0. The van der Waals surface area contributed by atoms with Gasteiger partial charge >= 0.3 is 0 Å². The largest absolute Gasteiger partial charge is 0.306 e. The van der Waals surface area contributed by atoms with Crippen LogP contribution in [0, 0.1) is 15.2 Å². The first-order valence-electron chi connectivity index (χ1n) is 5.65. The minimum atomic E-state index is -0.968. The van der Waals surface area contributed by atoms with Crippen LogP contribution in [0.1, 0.15) is 25.5 Å². The molecule has 0 saturated heterocycles. The molecular weight excluding hydrogens is 365 g/mol. The summed E-state index contributed by atoms with van der Waals surface area (Å²) in [5.41, 5.74) is 0.706. The van der Waals surface area contributed by atoms with Crippen molar-refractivity contribution in [3.8, 4) is 11.4 Å². The smallest absolute Gasteiger partial charge is 0.264 e. The maximum atomic E-state index is 13.2. The topological polar surface area (TPSA) is 45.8 Å². The SMILES string of the molecule is CC(C)c1nc(-c2ccc(F)c(F)c2)[nH]c(=O)c1I. The van der Waals surface area contributed by atoms with Gasteiger partial charge in [-0.25, -0.2) is 13.8 Å². The van der Waals surface area contributed by atoms with E-state index in [-0.39, 0.29) is 17.3 Å². The molecule has 1 heterocycles. The molecule has 0 aliphatic carbocycles. The fourth-order valence-electron chi connectivity index (χ4n) is 1.64. The zero-order valence-corrected chi connectivity index (χ0v) is 12.5. The molecule has 6 heteroatoms. The van der Waals surface area contributed by atoms with Gasteiger partial charge in [0, 0.05) is 5.56 Å². The van der Waals surface area contributed by atoms with Gasteiger partial charge in [-0.1, -0.05) is 13.8 Å². The van der Waals surface area contributed by atoms with Gasteiger partial charge in [0.15, 0.2) is 11.6 Å². The lowest BCUT2D eigenvalue weighted by molar-refractivity contribution is 0.509.